The number of hydrogen-bond acceptors (Lipinski definition) is 3. The van der Waals surface area contributed by atoms with Crippen LogP contribution in [0, 0.1) is 6.92 Å². The lowest BCUT2D eigenvalue weighted by Crippen LogP contribution is -2.08. The van der Waals surface area contributed by atoms with E-state index in [1.165, 1.54) is 0 Å². The Kier molecular flexibility index (Phi) is 5.00. The molecule has 0 aliphatic rings. The van der Waals surface area contributed by atoms with Crippen LogP contribution >= 0.6 is 0 Å². The smallest absolute Gasteiger partial charge is 0.340 e. The van der Waals surface area contributed by atoms with Crippen LogP contribution in [0.3, 0.4) is 0 Å². The van der Waals surface area contributed by atoms with Gasteiger partial charge in [0.25, 0.3) is 0 Å². The first kappa shape index (κ1) is 18.7. The van der Waals surface area contributed by atoms with Crippen LogP contribution in [0.5, 0.6) is 0 Å². The van der Waals surface area contributed by atoms with E-state index >= 15 is 0 Å². The molecule has 0 N–H and O–H groups in total. The number of ether oxygens (including phenoxy) is 1. The van der Waals surface area contributed by atoms with Gasteiger partial charge in [-0.3, -0.25) is 4.79 Å². The first-order valence-electron chi connectivity index (χ1n) is 9.58. The molecular weight excluding hydrogens is 362 g/mol. The number of rotatable bonds is 5. The molecule has 4 heteroatoms. The Morgan fingerprint density at radius 2 is 1.59 bits per heavy atom. The highest BCUT2D eigenvalue weighted by molar-refractivity contribution is 6.18. The number of fused-ring (bicyclic) bond motifs is 1. The molecule has 4 rings (SSSR count). The van der Waals surface area contributed by atoms with Crippen molar-refractivity contribution in [3.63, 3.8) is 0 Å². The van der Waals surface area contributed by atoms with Crippen molar-refractivity contribution in [2.45, 2.75) is 13.8 Å². The van der Waals surface area contributed by atoms with Gasteiger partial charge in [0, 0.05) is 17.3 Å². The molecule has 0 saturated carbocycles. The first-order valence-corrected chi connectivity index (χ1v) is 9.58. The SMILES string of the molecule is CCOC(=O)c1c(-c2ccc(C)cc2)c(C(=O)c2ccccc2)n2ccccc12. The fourth-order valence-corrected chi connectivity index (χ4v) is 3.57. The van der Waals surface area contributed by atoms with Gasteiger partial charge >= 0.3 is 5.97 Å². The van der Waals surface area contributed by atoms with Crippen molar-refractivity contribution in [3.8, 4) is 11.1 Å². The van der Waals surface area contributed by atoms with Crippen LogP contribution in [0.15, 0.2) is 79.0 Å². The van der Waals surface area contributed by atoms with Crippen molar-refractivity contribution in [1.29, 1.82) is 0 Å². The lowest BCUT2D eigenvalue weighted by molar-refractivity contribution is 0.0529. The van der Waals surface area contributed by atoms with E-state index in [-0.39, 0.29) is 12.4 Å². The van der Waals surface area contributed by atoms with Crippen LogP contribution in [0.2, 0.25) is 0 Å². The standard InChI is InChI=1S/C25H21NO3/c1-3-29-25(28)22-20-11-7-8-16-26(20)23(24(27)19-9-5-4-6-10-19)21(22)18-14-12-17(2)13-15-18/h4-16H,3H2,1-2H3. The summed E-state index contributed by atoms with van der Waals surface area (Å²) in [5.41, 5.74) is 4.60. The zero-order valence-corrected chi connectivity index (χ0v) is 16.4. The molecule has 0 amide bonds. The Hall–Kier alpha value is -3.66. The van der Waals surface area contributed by atoms with E-state index in [1.54, 1.807) is 23.5 Å². The maximum Gasteiger partial charge on any atom is 0.340 e. The third kappa shape index (κ3) is 3.34. The number of carbonyl (C=O) groups is 2. The zero-order valence-electron chi connectivity index (χ0n) is 16.4. The molecule has 0 aliphatic heterocycles. The molecule has 0 fully saturated rings. The Bertz CT molecular complexity index is 1190. The molecule has 2 heterocycles. The van der Waals surface area contributed by atoms with Crippen molar-refractivity contribution in [2.24, 2.45) is 0 Å². The lowest BCUT2D eigenvalue weighted by Gasteiger charge is -2.09. The number of pyridine rings is 1. The Balaban J connectivity index is 2.08. The second-order valence-electron chi connectivity index (χ2n) is 6.84. The van der Waals surface area contributed by atoms with Crippen molar-refractivity contribution in [2.75, 3.05) is 6.61 Å². The van der Waals surface area contributed by atoms with Gasteiger partial charge in [-0.15, -0.1) is 0 Å². The summed E-state index contributed by atoms with van der Waals surface area (Å²) in [6, 6.07) is 22.5. The van der Waals surface area contributed by atoms with Gasteiger partial charge in [-0.2, -0.15) is 0 Å². The van der Waals surface area contributed by atoms with Crippen LogP contribution in [0.4, 0.5) is 0 Å². The van der Waals surface area contributed by atoms with Crippen LogP contribution in [-0.2, 0) is 4.74 Å². The summed E-state index contributed by atoms with van der Waals surface area (Å²) < 4.78 is 7.15. The summed E-state index contributed by atoms with van der Waals surface area (Å²) in [6.45, 7) is 4.04. The van der Waals surface area contributed by atoms with Crippen molar-refractivity contribution in [1.82, 2.24) is 4.40 Å². The molecule has 144 valence electrons. The van der Waals surface area contributed by atoms with Crippen molar-refractivity contribution < 1.29 is 14.3 Å². The summed E-state index contributed by atoms with van der Waals surface area (Å²) in [6.07, 6.45) is 1.81. The number of hydrogen-bond donors (Lipinski definition) is 0. The molecule has 0 aliphatic carbocycles. The van der Waals surface area contributed by atoms with Gasteiger partial charge in [-0.25, -0.2) is 4.79 Å². The first-order chi connectivity index (χ1) is 14.1. The van der Waals surface area contributed by atoms with Crippen LogP contribution < -0.4 is 0 Å². The lowest BCUT2D eigenvalue weighted by atomic mass is 9.96. The van der Waals surface area contributed by atoms with E-state index in [1.807, 2.05) is 73.8 Å². The molecular formula is C25H21NO3. The molecule has 0 unspecified atom stereocenters. The number of aromatic nitrogens is 1. The molecule has 29 heavy (non-hydrogen) atoms. The molecule has 2 aromatic heterocycles. The summed E-state index contributed by atoms with van der Waals surface area (Å²) in [4.78, 5) is 26.5. The third-order valence-corrected chi connectivity index (χ3v) is 4.91. The van der Waals surface area contributed by atoms with E-state index in [4.69, 9.17) is 4.74 Å². The summed E-state index contributed by atoms with van der Waals surface area (Å²) >= 11 is 0. The number of carbonyl (C=O) groups excluding carboxylic acids is 2. The largest absolute Gasteiger partial charge is 0.462 e. The maximum atomic E-state index is 13.5. The number of nitrogens with zero attached hydrogens (tertiary/aromatic N) is 1. The number of ketones is 1. The number of benzene rings is 2. The summed E-state index contributed by atoms with van der Waals surface area (Å²) in [5.74, 6) is -0.572. The highest BCUT2D eigenvalue weighted by Crippen LogP contribution is 2.35. The second kappa shape index (κ2) is 7.76. The van der Waals surface area contributed by atoms with Crippen LogP contribution in [0.25, 0.3) is 16.6 Å². The maximum absolute atomic E-state index is 13.5. The van der Waals surface area contributed by atoms with Crippen LogP contribution in [0.1, 0.15) is 38.9 Å². The van der Waals surface area contributed by atoms with Gasteiger partial charge in [-0.1, -0.05) is 66.2 Å². The number of aryl methyl sites for hydroxylation is 1. The number of esters is 1. The van der Waals surface area contributed by atoms with Gasteiger partial charge in [0.1, 0.15) is 5.69 Å². The minimum atomic E-state index is -0.432. The minimum absolute atomic E-state index is 0.141. The van der Waals surface area contributed by atoms with Crippen molar-refractivity contribution in [3.05, 3.63) is 101 Å². The summed E-state index contributed by atoms with van der Waals surface area (Å²) in [7, 11) is 0. The molecule has 4 aromatic rings. The molecule has 0 spiro atoms. The normalized spacial score (nSPS) is 10.8. The van der Waals surface area contributed by atoms with E-state index in [9.17, 15) is 9.59 Å². The highest BCUT2D eigenvalue weighted by Gasteiger charge is 2.29. The molecule has 2 aromatic carbocycles. The molecule has 0 atom stereocenters. The van der Waals surface area contributed by atoms with Gasteiger partial charge in [-0.05, 0) is 31.5 Å². The van der Waals surface area contributed by atoms with Crippen molar-refractivity contribution >= 4 is 17.3 Å². The molecule has 0 radical (unpaired) electrons. The Morgan fingerprint density at radius 3 is 2.28 bits per heavy atom. The minimum Gasteiger partial charge on any atom is -0.462 e. The monoisotopic (exact) mass is 383 g/mol. The average Bonchev–Trinajstić information content (AvgIpc) is 3.10. The topological polar surface area (TPSA) is 47.8 Å². The summed E-state index contributed by atoms with van der Waals surface area (Å²) in [5, 5.41) is 0. The van der Waals surface area contributed by atoms with E-state index < -0.39 is 5.97 Å². The van der Waals surface area contributed by atoms with E-state index in [0.717, 1.165) is 11.1 Å². The third-order valence-electron chi connectivity index (χ3n) is 4.91. The fourth-order valence-electron chi connectivity index (χ4n) is 3.57. The Morgan fingerprint density at radius 1 is 0.897 bits per heavy atom. The van der Waals surface area contributed by atoms with E-state index in [2.05, 4.69) is 0 Å². The molecule has 0 saturated heterocycles. The van der Waals surface area contributed by atoms with Gasteiger partial charge in [0.2, 0.25) is 5.78 Å². The van der Waals surface area contributed by atoms with E-state index in [0.29, 0.717) is 27.9 Å². The van der Waals surface area contributed by atoms with Gasteiger partial charge < -0.3 is 9.14 Å². The zero-order chi connectivity index (χ0) is 20.4. The van der Waals surface area contributed by atoms with Gasteiger partial charge in [0.15, 0.2) is 0 Å². The highest BCUT2D eigenvalue weighted by atomic mass is 16.5. The quantitative estimate of drug-likeness (QED) is 0.346. The fraction of sp³-hybridized carbons (Fsp3) is 0.120. The Labute approximate surface area is 169 Å². The molecule has 0 bridgehead atoms. The average molecular weight is 383 g/mol. The van der Waals surface area contributed by atoms with Gasteiger partial charge in [0.05, 0.1) is 17.7 Å². The molecule has 4 nitrogen and oxygen atoms in total. The second-order valence-corrected chi connectivity index (χ2v) is 6.84. The van der Waals surface area contributed by atoms with Crippen LogP contribution in [-0.4, -0.2) is 22.8 Å². The predicted octanol–water partition coefficient (Wildman–Crippen LogP) is 5.32. The predicted molar refractivity (Wildman–Crippen MR) is 113 cm³/mol.